The van der Waals surface area contributed by atoms with E-state index < -0.39 is 0 Å². The molecule has 3 nitrogen and oxygen atoms in total. The minimum atomic E-state index is 0.267. The first kappa shape index (κ1) is 9.21. The topological polar surface area (TPSA) is 44.1 Å². The molecule has 0 unspecified atom stereocenters. The number of likely N-dealkylation sites (tertiary alicyclic amines) is 1. The third kappa shape index (κ3) is 2.63. The van der Waals surface area contributed by atoms with Gasteiger partial charge in [0.1, 0.15) is 6.29 Å². The second-order valence-electron chi connectivity index (χ2n) is 3.22. The van der Waals surface area contributed by atoms with Crippen LogP contribution in [0.1, 0.15) is 19.3 Å². The van der Waals surface area contributed by atoms with Crippen molar-refractivity contribution < 1.29 is 4.79 Å². The van der Waals surface area contributed by atoms with E-state index in [9.17, 15) is 4.79 Å². The highest BCUT2D eigenvalue weighted by molar-refractivity contribution is 5.53. The highest BCUT2D eigenvalue weighted by Gasteiger charge is 2.17. The number of piperidine rings is 1. The molecule has 0 atom stereocenters. The Kier molecular flexibility index (Phi) is 3.75. The van der Waals surface area contributed by atoms with Crippen molar-refractivity contribution in [1.82, 2.24) is 4.90 Å². The molecule has 0 aromatic heterocycles. The van der Waals surface area contributed by atoms with Crippen molar-refractivity contribution in [2.75, 3.05) is 19.6 Å². The van der Waals surface area contributed by atoms with Crippen molar-refractivity contribution in [2.45, 2.75) is 19.3 Å². The summed E-state index contributed by atoms with van der Waals surface area (Å²) in [4.78, 5) is 12.7. The van der Waals surface area contributed by atoms with Crippen LogP contribution in [0.3, 0.4) is 0 Å². The van der Waals surface area contributed by atoms with Crippen molar-refractivity contribution in [3.63, 3.8) is 0 Å². The fraction of sp³-hybridized carbons (Fsp3) is 0.778. The highest BCUT2D eigenvalue weighted by Crippen LogP contribution is 2.14. The van der Waals surface area contributed by atoms with Gasteiger partial charge in [-0.3, -0.25) is 0 Å². The Morgan fingerprint density at radius 3 is 2.67 bits per heavy atom. The van der Waals surface area contributed by atoms with E-state index in [1.54, 1.807) is 0 Å². The lowest BCUT2D eigenvalue weighted by Gasteiger charge is -2.28. The van der Waals surface area contributed by atoms with Gasteiger partial charge in [-0.15, -0.1) is 0 Å². The lowest BCUT2D eigenvalue weighted by molar-refractivity contribution is -0.112. The van der Waals surface area contributed by atoms with Gasteiger partial charge in [-0.05, 0) is 25.9 Å². The van der Waals surface area contributed by atoms with Crippen LogP contribution < -0.4 is 0 Å². The Morgan fingerprint density at radius 2 is 2.17 bits per heavy atom. The maximum Gasteiger partial charge on any atom is 0.123 e. The molecule has 3 heteroatoms. The van der Waals surface area contributed by atoms with E-state index in [0.29, 0.717) is 6.42 Å². The summed E-state index contributed by atoms with van der Waals surface area (Å²) in [5, 5.41) is 8.36. The second-order valence-corrected chi connectivity index (χ2v) is 3.22. The maximum absolute atomic E-state index is 10.4. The predicted molar refractivity (Wildman–Crippen MR) is 45.5 cm³/mol. The van der Waals surface area contributed by atoms with Crippen LogP contribution in [-0.2, 0) is 4.79 Å². The molecule has 1 aliphatic rings. The van der Waals surface area contributed by atoms with Gasteiger partial charge in [0.15, 0.2) is 0 Å². The molecular formula is C9H14N2O. The summed E-state index contributed by atoms with van der Waals surface area (Å²) in [5.74, 6) is 0.267. The molecule has 1 fully saturated rings. The van der Waals surface area contributed by atoms with Gasteiger partial charge in [0, 0.05) is 18.9 Å². The molecular weight excluding hydrogens is 152 g/mol. The third-order valence-corrected chi connectivity index (χ3v) is 2.36. The smallest absolute Gasteiger partial charge is 0.123 e. The molecule has 1 aliphatic heterocycles. The molecule has 0 amide bonds. The lowest BCUT2D eigenvalue weighted by Crippen LogP contribution is -2.34. The molecule has 0 N–H and O–H groups in total. The number of nitrogens with zero attached hydrogens (tertiary/aromatic N) is 2. The van der Waals surface area contributed by atoms with E-state index >= 15 is 0 Å². The van der Waals surface area contributed by atoms with Gasteiger partial charge in [0.2, 0.25) is 0 Å². The Balaban J connectivity index is 2.18. The molecule has 0 saturated carbocycles. The Morgan fingerprint density at radius 1 is 1.50 bits per heavy atom. The number of aldehydes is 1. The standard InChI is InChI=1S/C9H14N2O/c10-4-1-5-11-6-2-9(8-12)3-7-11/h8-9H,1-3,5-7H2. The zero-order chi connectivity index (χ0) is 8.81. The number of hydrogen-bond donors (Lipinski definition) is 0. The number of carbonyl (C=O) groups excluding carboxylic acids is 1. The Bertz CT molecular complexity index is 177. The zero-order valence-corrected chi connectivity index (χ0v) is 7.20. The fourth-order valence-corrected chi connectivity index (χ4v) is 1.52. The molecule has 0 aromatic rings. The first-order valence-corrected chi connectivity index (χ1v) is 4.41. The summed E-state index contributed by atoms with van der Waals surface area (Å²) in [6, 6.07) is 2.13. The van der Waals surface area contributed by atoms with E-state index in [1.807, 2.05) is 0 Å². The van der Waals surface area contributed by atoms with Gasteiger partial charge in [-0.1, -0.05) is 0 Å². The van der Waals surface area contributed by atoms with Gasteiger partial charge in [-0.2, -0.15) is 5.26 Å². The summed E-state index contributed by atoms with van der Waals surface area (Å²) in [5.41, 5.74) is 0. The van der Waals surface area contributed by atoms with E-state index in [4.69, 9.17) is 5.26 Å². The van der Waals surface area contributed by atoms with Crippen molar-refractivity contribution >= 4 is 6.29 Å². The van der Waals surface area contributed by atoms with Crippen LogP contribution >= 0.6 is 0 Å². The fourth-order valence-electron chi connectivity index (χ4n) is 1.52. The van der Waals surface area contributed by atoms with Crippen LogP contribution in [-0.4, -0.2) is 30.8 Å². The molecule has 1 rings (SSSR count). The SMILES string of the molecule is N#CCCN1CCC(C=O)CC1. The Hall–Kier alpha value is -0.880. The van der Waals surface area contributed by atoms with Crippen molar-refractivity contribution in [3.05, 3.63) is 0 Å². The second kappa shape index (κ2) is 4.89. The lowest BCUT2D eigenvalue weighted by atomic mass is 9.99. The summed E-state index contributed by atoms with van der Waals surface area (Å²) in [6.45, 7) is 2.82. The van der Waals surface area contributed by atoms with Crippen molar-refractivity contribution in [1.29, 1.82) is 5.26 Å². The molecule has 0 bridgehead atoms. The van der Waals surface area contributed by atoms with Gasteiger partial charge >= 0.3 is 0 Å². The van der Waals surface area contributed by atoms with Crippen LogP contribution in [0.2, 0.25) is 0 Å². The van der Waals surface area contributed by atoms with Crippen LogP contribution in [0.4, 0.5) is 0 Å². The van der Waals surface area contributed by atoms with E-state index in [-0.39, 0.29) is 5.92 Å². The average molecular weight is 166 g/mol. The van der Waals surface area contributed by atoms with Gasteiger partial charge in [0.05, 0.1) is 6.07 Å². The van der Waals surface area contributed by atoms with E-state index in [1.165, 1.54) is 0 Å². The monoisotopic (exact) mass is 166 g/mol. The minimum Gasteiger partial charge on any atom is -0.303 e. The average Bonchev–Trinajstić information content (AvgIpc) is 2.15. The molecule has 1 saturated heterocycles. The number of carbonyl (C=O) groups is 1. The van der Waals surface area contributed by atoms with Gasteiger partial charge < -0.3 is 9.69 Å². The summed E-state index contributed by atoms with van der Waals surface area (Å²) >= 11 is 0. The van der Waals surface area contributed by atoms with E-state index in [2.05, 4.69) is 11.0 Å². The van der Waals surface area contributed by atoms with Crippen LogP contribution in [0.5, 0.6) is 0 Å². The summed E-state index contributed by atoms with van der Waals surface area (Å²) in [6.07, 6.45) is 3.59. The van der Waals surface area contributed by atoms with Gasteiger partial charge in [-0.25, -0.2) is 0 Å². The van der Waals surface area contributed by atoms with Crippen molar-refractivity contribution in [3.8, 4) is 6.07 Å². The molecule has 66 valence electrons. The normalized spacial score (nSPS) is 20.2. The molecule has 0 radical (unpaired) electrons. The maximum atomic E-state index is 10.4. The van der Waals surface area contributed by atoms with Crippen LogP contribution in [0.25, 0.3) is 0 Å². The predicted octanol–water partition coefficient (Wildman–Crippen LogP) is 0.811. The third-order valence-electron chi connectivity index (χ3n) is 2.36. The highest BCUT2D eigenvalue weighted by atomic mass is 16.1. The van der Waals surface area contributed by atoms with Crippen LogP contribution in [0.15, 0.2) is 0 Å². The number of nitriles is 1. The van der Waals surface area contributed by atoms with E-state index in [0.717, 1.165) is 38.8 Å². The molecule has 0 spiro atoms. The minimum absolute atomic E-state index is 0.267. The summed E-state index contributed by atoms with van der Waals surface area (Å²) < 4.78 is 0. The largest absolute Gasteiger partial charge is 0.303 e. The van der Waals surface area contributed by atoms with Crippen molar-refractivity contribution in [2.24, 2.45) is 5.92 Å². The number of rotatable bonds is 3. The molecule has 12 heavy (non-hydrogen) atoms. The zero-order valence-electron chi connectivity index (χ0n) is 7.20. The van der Waals surface area contributed by atoms with Gasteiger partial charge in [0.25, 0.3) is 0 Å². The molecule has 0 aromatic carbocycles. The molecule has 0 aliphatic carbocycles. The van der Waals surface area contributed by atoms with Crippen LogP contribution in [0, 0.1) is 17.2 Å². The molecule has 1 heterocycles. The first-order valence-electron chi connectivity index (χ1n) is 4.41. The quantitative estimate of drug-likeness (QED) is 0.583. The summed E-state index contributed by atoms with van der Waals surface area (Å²) in [7, 11) is 0. The Labute approximate surface area is 73.0 Å². The first-order chi connectivity index (χ1) is 5.86. The number of hydrogen-bond acceptors (Lipinski definition) is 3.